The van der Waals surface area contributed by atoms with Gasteiger partial charge >= 0.3 is 0 Å². The van der Waals surface area contributed by atoms with E-state index in [9.17, 15) is 18.0 Å². The van der Waals surface area contributed by atoms with E-state index < -0.39 is 28.5 Å². The third-order valence-electron chi connectivity index (χ3n) is 8.04. The number of carbonyl (C=O) groups excluding carboxylic acids is 2. The maximum Gasteiger partial charge on any atom is 0.264 e. The lowest BCUT2D eigenvalue weighted by atomic mass is 10.0. The van der Waals surface area contributed by atoms with Crippen LogP contribution in [0.3, 0.4) is 0 Å². The molecule has 1 N–H and O–H groups in total. The topological polar surface area (TPSA) is 86.8 Å². The Morgan fingerprint density at radius 2 is 1.48 bits per heavy atom. The van der Waals surface area contributed by atoms with Crippen LogP contribution in [-0.4, -0.2) is 43.8 Å². The van der Waals surface area contributed by atoms with Crippen LogP contribution >= 0.6 is 11.6 Å². The number of sulfonamides is 1. The third kappa shape index (κ3) is 8.77. The predicted molar refractivity (Wildman–Crippen MR) is 185 cm³/mol. The molecule has 4 rings (SSSR count). The summed E-state index contributed by atoms with van der Waals surface area (Å²) >= 11 is 6.33. The molecule has 0 saturated carbocycles. The molecule has 0 aliphatic heterocycles. The average molecular weight is 660 g/mol. The molecular weight excluding hydrogens is 618 g/mol. The highest BCUT2D eigenvalue weighted by Crippen LogP contribution is 2.29. The Morgan fingerprint density at radius 1 is 0.826 bits per heavy atom. The molecule has 0 fully saturated rings. The van der Waals surface area contributed by atoms with Crippen LogP contribution in [0.1, 0.15) is 48.1 Å². The highest BCUT2D eigenvalue weighted by atomic mass is 35.5. The van der Waals surface area contributed by atoms with Gasteiger partial charge in [0.25, 0.3) is 10.0 Å². The molecular formula is C37H42ClN3O4S. The second-order valence-corrected chi connectivity index (χ2v) is 14.1. The number of anilines is 1. The Labute approximate surface area is 278 Å². The highest BCUT2D eigenvalue weighted by Gasteiger charge is 2.35. The molecule has 0 heterocycles. The second-order valence-electron chi connectivity index (χ2n) is 11.8. The summed E-state index contributed by atoms with van der Waals surface area (Å²) in [4.78, 5) is 30.2. The number of carbonyl (C=O) groups is 2. The Hall–Kier alpha value is -4.14. The molecule has 46 heavy (non-hydrogen) atoms. The van der Waals surface area contributed by atoms with Crippen molar-refractivity contribution in [1.82, 2.24) is 10.2 Å². The zero-order chi connectivity index (χ0) is 33.4. The Balaban J connectivity index is 1.84. The van der Waals surface area contributed by atoms with Gasteiger partial charge in [-0.15, -0.1) is 0 Å². The molecule has 4 aromatic carbocycles. The molecule has 0 aromatic heterocycles. The number of amides is 2. The number of rotatable bonds is 13. The van der Waals surface area contributed by atoms with Crippen LogP contribution in [0, 0.1) is 20.8 Å². The molecule has 9 heteroatoms. The van der Waals surface area contributed by atoms with Gasteiger partial charge in [-0.3, -0.25) is 13.9 Å². The van der Waals surface area contributed by atoms with Gasteiger partial charge in [0, 0.05) is 24.0 Å². The summed E-state index contributed by atoms with van der Waals surface area (Å²) < 4.78 is 29.8. The van der Waals surface area contributed by atoms with Crippen LogP contribution in [-0.2, 0) is 32.6 Å². The first-order chi connectivity index (χ1) is 21.9. The third-order valence-corrected chi connectivity index (χ3v) is 10.0. The fourth-order valence-corrected chi connectivity index (χ4v) is 6.85. The van der Waals surface area contributed by atoms with Crippen molar-refractivity contribution in [1.29, 1.82) is 0 Å². The lowest BCUT2D eigenvalue weighted by Gasteiger charge is -2.34. The van der Waals surface area contributed by atoms with Crippen molar-refractivity contribution in [2.45, 2.75) is 71.0 Å². The first-order valence-corrected chi connectivity index (χ1v) is 17.3. The molecule has 7 nitrogen and oxygen atoms in total. The van der Waals surface area contributed by atoms with E-state index in [0.29, 0.717) is 22.7 Å². The first kappa shape index (κ1) is 34.7. The van der Waals surface area contributed by atoms with Crippen molar-refractivity contribution in [3.63, 3.8) is 0 Å². The fourth-order valence-electron chi connectivity index (χ4n) is 5.17. The fraction of sp³-hybridized carbons (Fsp3) is 0.297. The van der Waals surface area contributed by atoms with Crippen molar-refractivity contribution in [3.05, 3.63) is 130 Å². The van der Waals surface area contributed by atoms with E-state index in [1.54, 1.807) is 48.5 Å². The number of hydrogen-bond donors (Lipinski definition) is 1. The smallest absolute Gasteiger partial charge is 0.264 e. The molecule has 0 saturated heterocycles. The molecule has 0 unspecified atom stereocenters. The van der Waals surface area contributed by atoms with Gasteiger partial charge in [0.1, 0.15) is 12.6 Å². The summed E-state index contributed by atoms with van der Waals surface area (Å²) in [5.74, 6) is -0.829. The van der Waals surface area contributed by atoms with Crippen LogP contribution in [0.2, 0.25) is 5.02 Å². The number of hydrogen-bond acceptors (Lipinski definition) is 4. The zero-order valence-corrected chi connectivity index (χ0v) is 28.6. The minimum Gasteiger partial charge on any atom is -0.352 e. The van der Waals surface area contributed by atoms with E-state index in [-0.39, 0.29) is 29.8 Å². The second kappa shape index (κ2) is 15.4. The van der Waals surface area contributed by atoms with E-state index in [4.69, 9.17) is 11.6 Å². The minimum absolute atomic E-state index is 0.0516. The largest absolute Gasteiger partial charge is 0.352 e. The summed E-state index contributed by atoms with van der Waals surface area (Å²) in [6.07, 6.45) is 0.949. The average Bonchev–Trinajstić information content (AvgIpc) is 3.03. The van der Waals surface area contributed by atoms with Crippen LogP contribution in [0.25, 0.3) is 0 Å². The Kier molecular flexibility index (Phi) is 11.7. The number of nitrogens with zero attached hydrogens (tertiary/aromatic N) is 2. The summed E-state index contributed by atoms with van der Waals surface area (Å²) in [6.45, 7) is 9.01. The van der Waals surface area contributed by atoms with Gasteiger partial charge in [0.2, 0.25) is 11.8 Å². The van der Waals surface area contributed by atoms with Crippen molar-refractivity contribution in [2.24, 2.45) is 0 Å². The summed E-state index contributed by atoms with van der Waals surface area (Å²) in [6, 6.07) is 27.6. The van der Waals surface area contributed by atoms with Crippen molar-refractivity contribution >= 4 is 39.1 Å². The van der Waals surface area contributed by atoms with E-state index in [2.05, 4.69) is 5.32 Å². The SMILES string of the molecule is CC[C@H](C)NC(=O)[C@H](Cc1ccccc1)N(Cc1cccc(Cl)c1)C(=O)CN(c1cc(C)ccc1C)S(=O)(=O)c1ccc(C)cc1. The minimum atomic E-state index is -4.18. The Bertz CT molecular complexity index is 1760. The molecule has 0 aliphatic carbocycles. The number of nitrogens with one attached hydrogen (secondary N) is 1. The maximum absolute atomic E-state index is 14.6. The van der Waals surface area contributed by atoms with Crippen LogP contribution in [0.5, 0.6) is 0 Å². The maximum atomic E-state index is 14.6. The molecule has 242 valence electrons. The molecule has 0 radical (unpaired) electrons. The molecule has 2 amide bonds. The predicted octanol–water partition coefficient (Wildman–Crippen LogP) is 7.02. The van der Waals surface area contributed by atoms with E-state index in [1.165, 1.54) is 9.21 Å². The van der Waals surface area contributed by atoms with E-state index >= 15 is 0 Å². The first-order valence-electron chi connectivity index (χ1n) is 15.4. The standard InChI is InChI=1S/C37H42ClN3O4S/c1-6-29(5)39-37(43)35(23-30-11-8-7-9-12-30)40(24-31-13-10-14-32(38)22-31)36(42)25-41(34-21-27(3)15-18-28(34)4)46(44,45)33-19-16-26(2)17-20-33/h7-22,29,35H,6,23-25H2,1-5H3,(H,39,43)/t29-,35-/m0/s1. The van der Waals surface area contributed by atoms with Gasteiger partial charge in [0.15, 0.2) is 0 Å². The lowest BCUT2D eigenvalue weighted by molar-refractivity contribution is -0.140. The van der Waals surface area contributed by atoms with Gasteiger partial charge in [-0.1, -0.05) is 90.8 Å². The Morgan fingerprint density at radius 3 is 2.13 bits per heavy atom. The van der Waals surface area contributed by atoms with Crippen molar-refractivity contribution in [3.8, 4) is 0 Å². The van der Waals surface area contributed by atoms with Crippen LogP contribution in [0.4, 0.5) is 5.69 Å². The molecule has 2 atom stereocenters. The van der Waals surface area contributed by atoms with E-state index in [0.717, 1.165) is 22.3 Å². The van der Waals surface area contributed by atoms with Gasteiger partial charge in [-0.2, -0.15) is 0 Å². The molecule has 4 aromatic rings. The lowest BCUT2D eigenvalue weighted by Crippen LogP contribution is -2.54. The summed E-state index contributed by atoms with van der Waals surface area (Å²) in [5, 5.41) is 3.55. The normalized spacial score (nSPS) is 12.7. The summed E-state index contributed by atoms with van der Waals surface area (Å²) in [7, 11) is -4.18. The monoisotopic (exact) mass is 659 g/mol. The number of aryl methyl sites for hydroxylation is 3. The van der Waals surface area contributed by atoms with Crippen LogP contribution < -0.4 is 9.62 Å². The zero-order valence-electron chi connectivity index (χ0n) is 27.0. The van der Waals surface area contributed by atoms with Crippen molar-refractivity contribution in [2.75, 3.05) is 10.8 Å². The van der Waals surface area contributed by atoms with Crippen molar-refractivity contribution < 1.29 is 18.0 Å². The number of benzene rings is 4. The molecule has 0 bridgehead atoms. The van der Waals surface area contributed by atoms with Gasteiger partial charge < -0.3 is 10.2 Å². The van der Waals surface area contributed by atoms with Gasteiger partial charge in [-0.25, -0.2) is 8.42 Å². The summed E-state index contributed by atoms with van der Waals surface area (Å²) in [5.41, 5.74) is 4.45. The highest BCUT2D eigenvalue weighted by molar-refractivity contribution is 7.92. The molecule has 0 aliphatic rings. The quantitative estimate of drug-likeness (QED) is 0.167. The van der Waals surface area contributed by atoms with Gasteiger partial charge in [-0.05, 0) is 86.7 Å². The van der Waals surface area contributed by atoms with Crippen LogP contribution in [0.15, 0.2) is 102 Å². The van der Waals surface area contributed by atoms with Gasteiger partial charge in [0.05, 0.1) is 10.6 Å². The van der Waals surface area contributed by atoms with E-state index in [1.807, 2.05) is 83.1 Å². The molecule has 0 spiro atoms. The number of halogens is 1.